The van der Waals surface area contributed by atoms with E-state index < -0.39 is 0 Å². The standard InChI is InChI=1S/C18H30BrN3O/c1-4-6-11-22(12-7-5-2)13-10-20-18(23)21-17-9-8-16(19)14-15(17)3/h8-9,14H,4-7,10-13H2,1-3H3,(H2,20,21,23). The maximum atomic E-state index is 12.0. The third-order valence-electron chi connectivity index (χ3n) is 3.81. The Bertz CT molecular complexity index is 471. The summed E-state index contributed by atoms with van der Waals surface area (Å²) in [4.78, 5) is 14.4. The van der Waals surface area contributed by atoms with E-state index in [1.165, 1.54) is 25.7 Å². The average molecular weight is 384 g/mol. The molecule has 1 aromatic carbocycles. The highest BCUT2D eigenvalue weighted by atomic mass is 79.9. The van der Waals surface area contributed by atoms with Crippen LogP contribution in [0.2, 0.25) is 0 Å². The number of hydrogen-bond acceptors (Lipinski definition) is 2. The number of urea groups is 1. The summed E-state index contributed by atoms with van der Waals surface area (Å²) < 4.78 is 1.02. The second kappa shape index (κ2) is 11.5. The number of nitrogens with one attached hydrogen (secondary N) is 2. The quantitative estimate of drug-likeness (QED) is 0.610. The van der Waals surface area contributed by atoms with E-state index in [1.807, 2.05) is 25.1 Å². The average Bonchev–Trinajstić information content (AvgIpc) is 2.52. The molecule has 0 aliphatic rings. The lowest BCUT2D eigenvalue weighted by Gasteiger charge is -2.22. The van der Waals surface area contributed by atoms with Gasteiger partial charge in [0, 0.05) is 23.2 Å². The molecule has 2 N–H and O–H groups in total. The molecular weight excluding hydrogens is 354 g/mol. The summed E-state index contributed by atoms with van der Waals surface area (Å²) >= 11 is 3.43. The summed E-state index contributed by atoms with van der Waals surface area (Å²) in [5.41, 5.74) is 1.89. The number of carbonyl (C=O) groups is 1. The molecule has 5 heteroatoms. The number of aryl methyl sites for hydroxylation is 1. The lowest BCUT2D eigenvalue weighted by atomic mass is 10.2. The number of halogens is 1. The molecule has 0 aliphatic heterocycles. The number of anilines is 1. The van der Waals surface area contributed by atoms with Crippen LogP contribution >= 0.6 is 15.9 Å². The van der Waals surface area contributed by atoms with Crippen molar-refractivity contribution in [1.82, 2.24) is 10.2 Å². The van der Waals surface area contributed by atoms with Gasteiger partial charge in [0.05, 0.1) is 0 Å². The van der Waals surface area contributed by atoms with Gasteiger partial charge in [0.2, 0.25) is 0 Å². The Morgan fingerprint density at radius 1 is 1.13 bits per heavy atom. The third kappa shape index (κ3) is 8.37. The van der Waals surface area contributed by atoms with Crippen LogP contribution in [-0.2, 0) is 0 Å². The topological polar surface area (TPSA) is 44.4 Å². The van der Waals surface area contributed by atoms with E-state index in [2.05, 4.69) is 45.3 Å². The van der Waals surface area contributed by atoms with Crippen molar-refractivity contribution in [1.29, 1.82) is 0 Å². The van der Waals surface area contributed by atoms with Crippen molar-refractivity contribution in [3.63, 3.8) is 0 Å². The van der Waals surface area contributed by atoms with Gasteiger partial charge in [-0.2, -0.15) is 0 Å². The van der Waals surface area contributed by atoms with Gasteiger partial charge in [0.1, 0.15) is 0 Å². The van der Waals surface area contributed by atoms with Crippen molar-refractivity contribution in [3.8, 4) is 0 Å². The van der Waals surface area contributed by atoms with Crippen LogP contribution in [0.25, 0.3) is 0 Å². The second-order valence-electron chi connectivity index (χ2n) is 5.89. The summed E-state index contributed by atoms with van der Waals surface area (Å²) in [5.74, 6) is 0. The van der Waals surface area contributed by atoms with Gasteiger partial charge < -0.3 is 15.5 Å². The molecule has 0 heterocycles. The monoisotopic (exact) mass is 383 g/mol. The van der Waals surface area contributed by atoms with E-state index >= 15 is 0 Å². The summed E-state index contributed by atoms with van der Waals surface area (Å²) in [5, 5.41) is 5.86. The predicted octanol–water partition coefficient (Wildman–Crippen LogP) is 4.78. The lowest BCUT2D eigenvalue weighted by molar-refractivity contribution is 0.242. The minimum atomic E-state index is -0.138. The Hall–Kier alpha value is -1.07. The molecule has 0 saturated heterocycles. The molecule has 0 atom stereocenters. The van der Waals surface area contributed by atoms with Crippen molar-refractivity contribution in [2.45, 2.75) is 46.5 Å². The number of carbonyl (C=O) groups excluding carboxylic acids is 1. The van der Waals surface area contributed by atoms with Gasteiger partial charge >= 0.3 is 6.03 Å². The maximum absolute atomic E-state index is 12.0. The van der Waals surface area contributed by atoms with E-state index in [9.17, 15) is 4.79 Å². The molecule has 0 saturated carbocycles. The van der Waals surface area contributed by atoms with Crippen LogP contribution in [0.4, 0.5) is 10.5 Å². The molecule has 4 nitrogen and oxygen atoms in total. The fourth-order valence-corrected chi connectivity index (χ4v) is 2.84. The van der Waals surface area contributed by atoms with E-state index in [1.54, 1.807) is 0 Å². The van der Waals surface area contributed by atoms with Crippen LogP contribution in [0.3, 0.4) is 0 Å². The molecule has 0 spiro atoms. The predicted molar refractivity (Wildman–Crippen MR) is 102 cm³/mol. The van der Waals surface area contributed by atoms with Gasteiger partial charge in [-0.1, -0.05) is 42.6 Å². The van der Waals surface area contributed by atoms with Crippen molar-refractivity contribution < 1.29 is 4.79 Å². The number of amides is 2. The normalized spacial score (nSPS) is 10.8. The number of nitrogens with zero attached hydrogens (tertiary/aromatic N) is 1. The number of rotatable bonds is 10. The van der Waals surface area contributed by atoms with E-state index in [-0.39, 0.29) is 6.03 Å². The first-order chi connectivity index (χ1) is 11.1. The van der Waals surface area contributed by atoms with Gasteiger partial charge in [-0.25, -0.2) is 4.79 Å². The van der Waals surface area contributed by atoms with Crippen molar-refractivity contribution in [2.24, 2.45) is 0 Å². The van der Waals surface area contributed by atoms with E-state index in [4.69, 9.17) is 0 Å². The molecule has 0 fully saturated rings. The smallest absolute Gasteiger partial charge is 0.319 e. The minimum absolute atomic E-state index is 0.138. The van der Waals surface area contributed by atoms with Crippen molar-refractivity contribution in [3.05, 3.63) is 28.2 Å². The van der Waals surface area contributed by atoms with Crippen molar-refractivity contribution in [2.75, 3.05) is 31.5 Å². The van der Waals surface area contributed by atoms with E-state index in [0.717, 1.165) is 35.4 Å². The Balaban J connectivity index is 2.35. The number of hydrogen-bond donors (Lipinski definition) is 2. The third-order valence-corrected chi connectivity index (χ3v) is 4.30. The first-order valence-electron chi connectivity index (χ1n) is 8.60. The Morgan fingerprint density at radius 3 is 2.35 bits per heavy atom. The van der Waals surface area contributed by atoms with Crippen LogP contribution in [0.1, 0.15) is 45.1 Å². The van der Waals surface area contributed by atoms with Crippen LogP contribution in [0.5, 0.6) is 0 Å². The highest BCUT2D eigenvalue weighted by Gasteiger charge is 2.07. The van der Waals surface area contributed by atoms with Crippen molar-refractivity contribution >= 4 is 27.6 Å². The van der Waals surface area contributed by atoms with Crippen LogP contribution in [0, 0.1) is 6.92 Å². The maximum Gasteiger partial charge on any atom is 0.319 e. The summed E-state index contributed by atoms with van der Waals surface area (Å²) in [7, 11) is 0. The van der Waals surface area contributed by atoms with E-state index in [0.29, 0.717) is 6.54 Å². The molecule has 0 aliphatic carbocycles. The summed E-state index contributed by atoms with van der Waals surface area (Å²) in [6.45, 7) is 10.2. The number of unbranched alkanes of at least 4 members (excludes halogenated alkanes) is 2. The molecule has 0 bridgehead atoms. The molecular formula is C18H30BrN3O. The van der Waals surface area contributed by atoms with Gasteiger partial charge in [-0.3, -0.25) is 0 Å². The fourth-order valence-electron chi connectivity index (χ4n) is 2.36. The zero-order chi connectivity index (χ0) is 17.1. The molecule has 130 valence electrons. The zero-order valence-electron chi connectivity index (χ0n) is 14.6. The number of benzene rings is 1. The van der Waals surface area contributed by atoms with Crippen LogP contribution in [0.15, 0.2) is 22.7 Å². The minimum Gasteiger partial charge on any atom is -0.337 e. The summed E-state index contributed by atoms with van der Waals surface area (Å²) in [6.07, 6.45) is 4.85. The molecule has 0 radical (unpaired) electrons. The molecule has 1 aromatic rings. The highest BCUT2D eigenvalue weighted by Crippen LogP contribution is 2.19. The summed E-state index contributed by atoms with van der Waals surface area (Å²) in [6, 6.07) is 5.70. The molecule has 23 heavy (non-hydrogen) atoms. The first kappa shape index (κ1) is 20.0. The van der Waals surface area contributed by atoms with Gasteiger partial charge in [0.25, 0.3) is 0 Å². The molecule has 0 unspecified atom stereocenters. The Labute approximate surface area is 149 Å². The van der Waals surface area contributed by atoms with Gasteiger partial charge in [0.15, 0.2) is 0 Å². The molecule has 0 aromatic heterocycles. The zero-order valence-corrected chi connectivity index (χ0v) is 16.2. The van der Waals surface area contributed by atoms with Crippen LogP contribution < -0.4 is 10.6 Å². The largest absolute Gasteiger partial charge is 0.337 e. The SMILES string of the molecule is CCCCN(CCCC)CCNC(=O)Nc1ccc(Br)cc1C. The fraction of sp³-hybridized carbons (Fsp3) is 0.611. The Kier molecular flexibility index (Phi) is 9.96. The van der Waals surface area contributed by atoms with Crippen LogP contribution in [-0.4, -0.2) is 37.1 Å². The molecule has 2 amide bonds. The first-order valence-corrected chi connectivity index (χ1v) is 9.39. The van der Waals surface area contributed by atoms with Gasteiger partial charge in [-0.15, -0.1) is 0 Å². The second-order valence-corrected chi connectivity index (χ2v) is 6.80. The molecule has 1 rings (SSSR count). The highest BCUT2D eigenvalue weighted by molar-refractivity contribution is 9.10. The van der Waals surface area contributed by atoms with Gasteiger partial charge in [-0.05, 0) is 56.6 Å². The Morgan fingerprint density at radius 2 is 1.78 bits per heavy atom. The lowest BCUT2D eigenvalue weighted by Crippen LogP contribution is -2.37.